The molecule has 2 aromatic rings. The summed E-state index contributed by atoms with van der Waals surface area (Å²) in [6.07, 6.45) is 1.55. The van der Waals surface area contributed by atoms with Crippen LogP contribution >= 0.6 is 11.8 Å². The molecule has 158 valence electrons. The highest BCUT2D eigenvalue weighted by atomic mass is 32.2. The van der Waals surface area contributed by atoms with Crippen LogP contribution in [-0.4, -0.2) is 38.9 Å². The third-order valence-electron chi connectivity index (χ3n) is 4.59. The van der Waals surface area contributed by atoms with Crippen LogP contribution in [0.15, 0.2) is 48.5 Å². The Balaban J connectivity index is 2.04. The zero-order chi connectivity index (χ0) is 21.4. The minimum atomic E-state index is -3.62. The van der Waals surface area contributed by atoms with Gasteiger partial charge in [-0.2, -0.15) is 11.8 Å². The molecule has 1 amide bonds. The lowest BCUT2D eigenvalue weighted by atomic mass is 10.1. The molecular formula is C22H30N2O3S2. The number of nitrogens with one attached hydrogen (secondary N) is 1. The van der Waals surface area contributed by atoms with Gasteiger partial charge < -0.3 is 5.32 Å². The number of aryl methyl sites for hydroxylation is 2. The van der Waals surface area contributed by atoms with Gasteiger partial charge in [-0.25, -0.2) is 8.42 Å². The molecule has 0 saturated heterocycles. The highest BCUT2D eigenvalue weighted by Crippen LogP contribution is 2.27. The molecule has 7 heteroatoms. The van der Waals surface area contributed by atoms with Gasteiger partial charge >= 0.3 is 0 Å². The van der Waals surface area contributed by atoms with Gasteiger partial charge in [0, 0.05) is 18.1 Å². The summed E-state index contributed by atoms with van der Waals surface area (Å²) < 4.78 is 26.4. The van der Waals surface area contributed by atoms with Gasteiger partial charge in [-0.15, -0.1) is 0 Å². The van der Waals surface area contributed by atoms with E-state index in [0.717, 1.165) is 28.9 Å². The van der Waals surface area contributed by atoms with E-state index in [2.05, 4.69) is 17.4 Å². The first-order chi connectivity index (χ1) is 13.7. The summed E-state index contributed by atoms with van der Waals surface area (Å²) >= 11 is 1.74. The van der Waals surface area contributed by atoms with Gasteiger partial charge in [-0.3, -0.25) is 9.10 Å². The van der Waals surface area contributed by atoms with Crippen molar-refractivity contribution in [1.82, 2.24) is 5.32 Å². The van der Waals surface area contributed by atoms with E-state index in [1.54, 1.807) is 11.8 Å². The lowest BCUT2D eigenvalue weighted by Crippen LogP contribution is -2.50. The topological polar surface area (TPSA) is 66.5 Å². The number of nitrogens with zero attached hydrogens (tertiary/aromatic N) is 1. The van der Waals surface area contributed by atoms with Crippen molar-refractivity contribution in [2.24, 2.45) is 0 Å². The molecule has 0 aliphatic carbocycles. The monoisotopic (exact) mass is 434 g/mol. The first-order valence-electron chi connectivity index (χ1n) is 9.70. The lowest BCUT2D eigenvalue weighted by molar-refractivity contribution is -0.122. The number of hydrogen-bond donors (Lipinski definition) is 1. The average Bonchev–Trinajstić information content (AvgIpc) is 2.67. The summed E-state index contributed by atoms with van der Waals surface area (Å²) in [6, 6.07) is 15.0. The predicted molar refractivity (Wildman–Crippen MR) is 123 cm³/mol. The average molecular weight is 435 g/mol. The minimum Gasteiger partial charge on any atom is -0.353 e. The zero-order valence-corrected chi connectivity index (χ0v) is 19.1. The molecule has 0 saturated carbocycles. The molecule has 1 atom stereocenters. The number of amides is 1. The SMILES string of the molecule is CC[C@H](C(=O)NCCSCc1ccccc1)N(c1cc(C)ccc1C)S(C)(=O)=O. The largest absolute Gasteiger partial charge is 0.353 e. The van der Waals surface area contributed by atoms with Crippen molar-refractivity contribution < 1.29 is 13.2 Å². The molecule has 0 aliphatic heterocycles. The van der Waals surface area contributed by atoms with Crippen molar-refractivity contribution >= 4 is 33.4 Å². The first-order valence-corrected chi connectivity index (χ1v) is 12.7. The van der Waals surface area contributed by atoms with Gasteiger partial charge in [-0.1, -0.05) is 49.4 Å². The molecule has 2 aromatic carbocycles. The van der Waals surface area contributed by atoms with Crippen molar-refractivity contribution in [1.29, 1.82) is 0 Å². The van der Waals surface area contributed by atoms with Crippen LogP contribution in [-0.2, 0) is 20.6 Å². The normalized spacial score (nSPS) is 12.4. The molecule has 0 bridgehead atoms. The Hall–Kier alpha value is -1.99. The molecule has 0 radical (unpaired) electrons. The standard InChI is InChI=1S/C22H30N2O3S2/c1-5-20(22(25)23-13-14-28-16-19-9-7-6-8-10-19)24(29(4,26)27)21-15-17(2)11-12-18(21)3/h6-12,15,20H,5,13-14,16H2,1-4H3,(H,23,25)/t20-/m1/s1. The second-order valence-corrected chi connectivity index (χ2v) is 10.1. The van der Waals surface area contributed by atoms with E-state index in [0.29, 0.717) is 18.7 Å². The molecule has 1 N–H and O–H groups in total. The second-order valence-electron chi connectivity index (χ2n) is 7.10. The Morgan fingerprint density at radius 3 is 2.45 bits per heavy atom. The van der Waals surface area contributed by atoms with Crippen LogP contribution in [0.5, 0.6) is 0 Å². The van der Waals surface area contributed by atoms with E-state index in [-0.39, 0.29) is 5.91 Å². The summed E-state index contributed by atoms with van der Waals surface area (Å²) in [5.74, 6) is 1.38. The number of carbonyl (C=O) groups is 1. The Kier molecular flexibility index (Phi) is 8.59. The highest BCUT2D eigenvalue weighted by molar-refractivity contribution is 7.98. The van der Waals surface area contributed by atoms with E-state index in [9.17, 15) is 13.2 Å². The van der Waals surface area contributed by atoms with Gasteiger partial charge in [0.2, 0.25) is 15.9 Å². The van der Waals surface area contributed by atoms with Crippen molar-refractivity contribution in [2.45, 2.75) is 39.0 Å². The van der Waals surface area contributed by atoms with Crippen LogP contribution in [0.25, 0.3) is 0 Å². The third kappa shape index (κ3) is 6.78. The van der Waals surface area contributed by atoms with E-state index in [1.807, 2.05) is 57.2 Å². The van der Waals surface area contributed by atoms with Gasteiger partial charge in [0.25, 0.3) is 0 Å². The molecule has 0 fully saturated rings. The van der Waals surface area contributed by atoms with Crippen LogP contribution in [0.3, 0.4) is 0 Å². The van der Waals surface area contributed by atoms with Crippen LogP contribution in [0, 0.1) is 13.8 Å². The summed E-state index contributed by atoms with van der Waals surface area (Å²) in [6.45, 7) is 6.10. The van der Waals surface area contributed by atoms with Crippen molar-refractivity contribution in [3.05, 3.63) is 65.2 Å². The number of anilines is 1. The van der Waals surface area contributed by atoms with Gasteiger partial charge in [-0.05, 0) is 43.0 Å². The quantitative estimate of drug-likeness (QED) is 0.576. The zero-order valence-electron chi connectivity index (χ0n) is 17.5. The summed E-state index contributed by atoms with van der Waals surface area (Å²) in [5, 5.41) is 2.91. The Labute approximate surface area is 178 Å². The van der Waals surface area contributed by atoms with E-state index in [4.69, 9.17) is 0 Å². The first kappa shape index (κ1) is 23.3. The third-order valence-corrected chi connectivity index (χ3v) is 6.79. The number of benzene rings is 2. The number of sulfonamides is 1. The van der Waals surface area contributed by atoms with Crippen molar-refractivity contribution in [2.75, 3.05) is 22.9 Å². The Morgan fingerprint density at radius 1 is 1.14 bits per heavy atom. The van der Waals surface area contributed by atoms with Crippen molar-refractivity contribution in [3.63, 3.8) is 0 Å². The maximum atomic E-state index is 12.8. The minimum absolute atomic E-state index is 0.265. The fourth-order valence-corrected chi connectivity index (χ4v) is 5.20. The van der Waals surface area contributed by atoms with Crippen LogP contribution < -0.4 is 9.62 Å². The highest BCUT2D eigenvalue weighted by Gasteiger charge is 2.32. The molecule has 2 rings (SSSR count). The molecular weight excluding hydrogens is 404 g/mol. The molecule has 0 heterocycles. The van der Waals surface area contributed by atoms with E-state index in [1.165, 1.54) is 9.87 Å². The van der Waals surface area contributed by atoms with Gasteiger partial charge in [0.15, 0.2) is 0 Å². The fraction of sp³-hybridized carbons (Fsp3) is 0.409. The van der Waals surface area contributed by atoms with Crippen LogP contribution in [0.1, 0.15) is 30.0 Å². The molecule has 0 spiro atoms. The molecule has 0 aliphatic rings. The lowest BCUT2D eigenvalue weighted by Gasteiger charge is -2.31. The maximum Gasteiger partial charge on any atom is 0.243 e. The summed E-state index contributed by atoms with van der Waals surface area (Å²) in [4.78, 5) is 12.8. The summed E-state index contributed by atoms with van der Waals surface area (Å²) in [7, 11) is -3.62. The van der Waals surface area contributed by atoms with Crippen LogP contribution in [0.2, 0.25) is 0 Å². The number of carbonyl (C=O) groups excluding carboxylic acids is 1. The molecule has 29 heavy (non-hydrogen) atoms. The molecule has 5 nitrogen and oxygen atoms in total. The molecule has 0 unspecified atom stereocenters. The maximum absolute atomic E-state index is 12.8. The Bertz CT molecular complexity index is 915. The van der Waals surface area contributed by atoms with Gasteiger partial charge in [0.1, 0.15) is 6.04 Å². The van der Waals surface area contributed by atoms with E-state index >= 15 is 0 Å². The van der Waals surface area contributed by atoms with Crippen molar-refractivity contribution in [3.8, 4) is 0 Å². The van der Waals surface area contributed by atoms with Gasteiger partial charge in [0.05, 0.1) is 11.9 Å². The van der Waals surface area contributed by atoms with Crippen LogP contribution in [0.4, 0.5) is 5.69 Å². The predicted octanol–water partition coefficient (Wildman–Crippen LogP) is 3.90. The summed E-state index contributed by atoms with van der Waals surface area (Å²) in [5.41, 5.74) is 3.58. The number of thioether (sulfide) groups is 1. The number of rotatable bonds is 10. The Morgan fingerprint density at radius 2 is 1.83 bits per heavy atom. The second kappa shape index (κ2) is 10.7. The smallest absolute Gasteiger partial charge is 0.243 e. The number of hydrogen-bond acceptors (Lipinski definition) is 4. The molecule has 0 aromatic heterocycles. The van der Waals surface area contributed by atoms with E-state index < -0.39 is 16.1 Å². The fourth-order valence-electron chi connectivity index (χ4n) is 3.12.